The molecule has 3 aromatic rings. The van der Waals surface area contributed by atoms with Crippen LogP contribution in [0.3, 0.4) is 0 Å². The molecule has 0 N–H and O–H groups in total. The molecule has 0 radical (unpaired) electrons. The molecule has 23 heavy (non-hydrogen) atoms. The monoisotopic (exact) mass is 407 g/mol. The van der Waals surface area contributed by atoms with Crippen LogP contribution in [0.25, 0.3) is 10.2 Å². The smallest absolute Gasteiger partial charge is 0.195 e. The van der Waals surface area contributed by atoms with Gasteiger partial charge in [-0.15, -0.1) is 11.3 Å². The van der Waals surface area contributed by atoms with E-state index in [1.54, 1.807) is 23.1 Å². The summed E-state index contributed by atoms with van der Waals surface area (Å²) in [4.78, 5) is 13.0. The summed E-state index contributed by atoms with van der Waals surface area (Å²) in [5, 5.41) is 2.87. The number of aromatic nitrogens is 2. The fraction of sp³-hybridized carbons (Fsp3) is 0.250. The molecule has 0 bridgehead atoms. The van der Waals surface area contributed by atoms with Gasteiger partial charge in [-0.3, -0.25) is 0 Å². The first-order valence-corrected chi connectivity index (χ1v) is 9.80. The Kier molecular flexibility index (Phi) is 4.52. The molecule has 0 amide bonds. The largest absolute Gasteiger partial charge is 0.378 e. The van der Waals surface area contributed by atoms with E-state index in [1.165, 1.54) is 0 Å². The molecule has 118 valence electrons. The summed E-state index contributed by atoms with van der Waals surface area (Å²) in [6, 6.07) is 10.3. The highest BCUT2D eigenvalue weighted by molar-refractivity contribution is 9.10. The number of fused-ring (bicyclic) bond motifs is 1. The van der Waals surface area contributed by atoms with E-state index in [-0.39, 0.29) is 0 Å². The number of anilines is 1. The predicted molar refractivity (Wildman–Crippen MR) is 98.7 cm³/mol. The van der Waals surface area contributed by atoms with E-state index >= 15 is 0 Å². The Morgan fingerprint density at radius 1 is 1.09 bits per heavy atom. The van der Waals surface area contributed by atoms with E-state index in [2.05, 4.69) is 44.4 Å². The molecule has 1 aromatic carbocycles. The molecule has 0 aliphatic carbocycles. The lowest BCUT2D eigenvalue weighted by molar-refractivity contribution is 0.122. The van der Waals surface area contributed by atoms with Gasteiger partial charge >= 0.3 is 0 Å². The van der Waals surface area contributed by atoms with E-state index in [9.17, 15) is 0 Å². The highest BCUT2D eigenvalue weighted by atomic mass is 79.9. The number of ether oxygens (including phenoxy) is 1. The Morgan fingerprint density at radius 3 is 2.65 bits per heavy atom. The number of nitrogens with zero attached hydrogens (tertiary/aromatic N) is 3. The standard InChI is InChI=1S/C16H14BrN3OS2/c17-11-1-3-12(4-2-11)23-16-18-13-5-10-22-14(13)15(19-16)20-6-8-21-9-7-20/h1-5,10H,6-9H2. The summed E-state index contributed by atoms with van der Waals surface area (Å²) in [5.41, 5.74) is 1.02. The first kappa shape index (κ1) is 15.4. The van der Waals surface area contributed by atoms with Gasteiger partial charge in [-0.2, -0.15) is 0 Å². The Bertz CT molecular complexity index is 816. The van der Waals surface area contributed by atoms with Gasteiger partial charge in [0.25, 0.3) is 0 Å². The van der Waals surface area contributed by atoms with Gasteiger partial charge in [0, 0.05) is 22.5 Å². The molecule has 4 nitrogen and oxygen atoms in total. The molecule has 0 spiro atoms. The van der Waals surface area contributed by atoms with Gasteiger partial charge < -0.3 is 9.64 Å². The van der Waals surface area contributed by atoms with Crippen molar-refractivity contribution in [2.75, 3.05) is 31.2 Å². The normalized spacial score (nSPS) is 15.3. The minimum atomic E-state index is 0.756. The molecule has 1 aliphatic rings. The second kappa shape index (κ2) is 6.76. The zero-order chi connectivity index (χ0) is 15.6. The van der Waals surface area contributed by atoms with Crippen LogP contribution in [0.15, 0.2) is 50.2 Å². The van der Waals surface area contributed by atoms with E-state index in [0.29, 0.717) is 0 Å². The number of hydrogen-bond donors (Lipinski definition) is 0. The van der Waals surface area contributed by atoms with Crippen LogP contribution in [0.4, 0.5) is 5.82 Å². The number of halogens is 1. The van der Waals surface area contributed by atoms with Crippen molar-refractivity contribution in [3.8, 4) is 0 Å². The second-order valence-corrected chi connectivity index (χ2v) is 7.99. The molecule has 1 aliphatic heterocycles. The van der Waals surface area contributed by atoms with Crippen LogP contribution in [0.2, 0.25) is 0 Å². The zero-order valence-corrected chi connectivity index (χ0v) is 15.5. The molecule has 1 saturated heterocycles. The fourth-order valence-electron chi connectivity index (χ4n) is 2.47. The van der Waals surface area contributed by atoms with Crippen molar-refractivity contribution >= 4 is 55.1 Å². The van der Waals surface area contributed by atoms with Crippen LogP contribution >= 0.6 is 39.0 Å². The fourth-order valence-corrected chi connectivity index (χ4v) is 4.34. The van der Waals surface area contributed by atoms with Crippen LogP contribution in [0.5, 0.6) is 0 Å². The van der Waals surface area contributed by atoms with Gasteiger partial charge in [-0.05, 0) is 47.5 Å². The number of benzene rings is 1. The van der Waals surface area contributed by atoms with Crippen molar-refractivity contribution in [1.82, 2.24) is 9.97 Å². The van der Waals surface area contributed by atoms with Gasteiger partial charge in [0.15, 0.2) is 11.0 Å². The van der Waals surface area contributed by atoms with Crippen LogP contribution in [-0.2, 0) is 4.74 Å². The molecule has 7 heteroatoms. The summed E-state index contributed by atoms with van der Waals surface area (Å²) in [6.45, 7) is 3.27. The summed E-state index contributed by atoms with van der Waals surface area (Å²) in [6.07, 6.45) is 0. The zero-order valence-electron chi connectivity index (χ0n) is 12.2. The molecule has 0 unspecified atom stereocenters. The van der Waals surface area contributed by atoms with Crippen molar-refractivity contribution in [1.29, 1.82) is 0 Å². The number of thiophene rings is 1. The van der Waals surface area contributed by atoms with Crippen LogP contribution in [-0.4, -0.2) is 36.3 Å². The average molecular weight is 408 g/mol. The lowest BCUT2D eigenvalue weighted by Gasteiger charge is -2.28. The number of hydrogen-bond acceptors (Lipinski definition) is 6. The molecule has 0 saturated carbocycles. The Morgan fingerprint density at radius 2 is 1.87 bits per heavy atom. The second-order valence-electron chi connectivity index (χ2n) is 5.12. The first-order chi connectivity index (χ1) is 11.3. The summed E-state index contributed by atoms with van der Waals surface area (Å²) in [5.74, 6) is 1.04. The quantitative estimate of drug-likeness (QED) is 0.599. The lowest BCUT2D eigenvalue weighted by Crippen LogP contribution is -2.36. The van der Waals surface area contributed by atoms with Crippen molar-refractivity contribution < 1.29 is 4.74 Å². The molecule has 1 fully saturated rings. The lowest BCUT2D eigenvalue weighted by atomic mass is 10.3. The van der Waals surface area contributed by atoms with Crippen molar-refractivity contribution in [3.05, 3.63) is 40.2 Å². The predicted octanol–water partition coefficient (Wildman–Crippen LogP) is 4.44. The van der Waals surface area contributed by atoms with Crippen molar-refractivity contribution in [2.24, 2.45) is 0 Å². The van der Waals surface area contributed by atoms with Gasteiger partial charge in [0.2, 0.25) is 0 Å². The average Bonchev–Trinajstić information content (AvgIpc) is 3.05. The number of rotatable bonds is 3. The molecule has 3 heterocycles. The van der Waals surface area contributed by atoms with Crippen molar-refractivity contribution in [3.63, 3.8) is 0 Å². The van der Waals surface area contributed by atoms with Gasteiger partial charge in [-0.25, -0.2) is 9.97 Å². The van der Waals surface area contributed by atoms with Crippen LogP contribution in [0.1, 0.15) is 0 Å². The van der Waals surface area contributed by atoms with E-state index in [4.69, 9.17) is 14.7 Å². The highest BCUT2D eigenvalue weighted by Crippen LogP contribution is 2.34. The molecule has 2 aromatic heterocycles. The number of morpholine rings is 1. The minimum Gasteiger partial charge on any atom is -0.378 e. The topological polar surface area (TPSA) is 38.2 Å². The Labute approximate surface area is 151 Å². The van der Waals surface area contributed by atoms with E-state index < -0.39 is 0 Å². The minimum absolute atomic E-state index is 0.756. The van der Waals surface area contributed by atoms with Crippen LogP contribution in [0, 0.1) is 0 Å². The maximum Gasteiger partial charge on any atom is 0.195 e. The molecule has 4 rings (SSSR count). The molecule has 0 atom stereocenters. The molecular formula is C16H14BrN3OS2. The summed E-state index contributed by atoms with van der Waals surface area (Å²) in [7, 11) is 0. The van der Waals surface area contributed by atoms with Gasteiger partial charge in [0.1, 0.15) is 0 Å². The third-order valence-corrected chi connectivity index (χ3v) is 5.90. The Balaban J connectivity index is 1.70. The van der Waals surface area contributed by atoms with Crippen LogP contribution < -0.4 is 4.90 Å². The summed E-state index contributed by atoms with van der Waals surface area (Å²) < 4.78 is 7.69. The summed E-state index contributed by atoms with van der Waals surface area (Å²) >= 11 is 6.76. The maximum absolute atomic E-state index is 5.46. The van der Waals surface area contributed by atoms with E-state index in [0.717, 1.165) is 56.9 Å². The Hall–Kier alpha value is -1.15. The first-order valence-electron chi connectivity index (χ1n) is 7.31. The molecular weight excluding hydrogens is 394 g/mol. The van der Waals surface area contributed by atoms with Gasteiger partial charge in [0.05, 0.1) is 23.4 Å². The maximum atomic E-state index is 5.46. The third-order valence-electron chi connectivity index (χ3n) is 3.60. The van der Waals surface area contributed by atoms with Crippen molar-refractivity contribution in [2.45, 2.75) is 10.1 Å². The third kappa shape index (κ3) is 3.38. The van der Waals surface area contributed by atoms with E-state index in [1.807, 2.05) is 12.1 Å². The highest BCUT2D eigenvalue weighted by Gasteiger charge is 2.18. The van der Waals surface area contributed by atoms with Gasteiger partial charge in [-0.1, -0.05) is 15.9 Å². The SMILES string of the molecule is Brc1ccc(Sc2nc(N3CCOCC3)c3sccc3n2)cc1.